The lowest BCUT2D eigenvalue weighted by Crippen LogP contribution is -2.34. The van der Waals surface area contributed by atoms with Gasteiger partial charge in [-0.05, 0) is 44.1 Å². The molecule has 0 saturated carbocycles. The van der Waals surface area contributed by atoms with Crippen LogP contribution in [0.15, 0.2) is 22.7 Å². The molecule has 4 N–H and O–H groups in total. The van der Waals surface area contributed by atoms with Crippen molar-refractivity contribution in [2.45, 2.75) is 25.5 Å². The van der Waals surface area contributed by atoms with E-state index in [0.29, 0.717) is 6.54 Å². The van der Waals surface area contributed by atoms with Crippen LogP contribution >= 0.6 is 15.9 Å². The summed E-state index contributed by atoms with van der Waals surface area (Å²) in [6.45, 7) is 2.58. The van der Waals surface area contributed by atoms with Crippen molar-refractivity contribution < 1.29 is 5.11 Å². The van der Waals surface area contributed by atoms with Gasteiger partial charge in [-0.15, -0.1) is 0 Å². The third-order valence-corrected chi connectivity index (χ3v) is 3.64. The van der Waals surface area contributed by atoms with Crippen LogP contribution in [0.25, 0.3) is 0 Å². The van der Waals surface area contributed by atoms with Gasteiger partial charge in [-0.3, -0.25) is 0 Å². The van der Waals surface area contributed by atoms with E-state index < -0.39 is 6.10 Å². The minimum Gasteiger partial charge on any atom is -0.387 e. The second-order valence-electron chi connectivity index (χ2n) is 3.93. The fourth-order valence-electron chi connectivity index (χ4n) is 1.72. The molecule has 0 saturated heterocycles. The van der Waals surface area contributed by atoms with E-state index in [-0.39, 0.29) is 6.04 Å². The minimum atomic E-state index is -0.514. The van der Waals surface area contributed by atoms with E-state index >= 15 is 0 Å². The highest BCUT2D eigenvalue weighted by atomic mass is 79.9. The lowest BCUT2D eigenvalue weighted by Gasteiger charge is -2.22. The number of nitrogens with one attached hydrogen (secondary N) is 1. The predicted molar refractivity (Wildman–Crippen MR) is 70.4 cm³/mol. The molecule has 4 heteroatoms. The summed E-state index contributed by atoms with van der Waals surface area (Å²) in [4.78, 5) is 0. The fraction of sp³-hybridized carbons (Fsp3) is 0.500. The zero-order valence-electron chi connectivity index (χ0n) is 9.70. The van der Waals surface area contributed by atoms with E-state index in [1.54, 1.807) is 0 Å². The van der Waals surface area contributed by atoms with Crippen molar-refractivity contribution in [3.8, 4) is 0 Å². The molecule has 0 fully saturated rings. The van der Waals surface area contributed by atoms with E-state index in [0.717, 1.165) is 22.0 Å². The Labute approximate surface area is 105 Å². The van der Waals surface area contributed by atoms with E-state index in [4.69, 9.17) is 5.73 Å². The van der Waals surface area contributed by atoms with Gasteiger partial charge in [-0.1, -0.05) is 28.1 Å². The van der Waals surface area contributed by atoms with Crippen molar-refractivity contribution in [2.75, 3.05) is 13.6 Å². The van der Waals surface area contributed by atoms with Crippen molar-refractivity contribution in [2.24, 2.45) is 5.73 Å². The highest BCUT2D eigenvalue weighted by Crippen LogP contribution is 2.23. The van der Waals surface area contributed by atoms with E-state index in [1.807, 2.05) is 32.2 Å². The molecule has 1 aromatic carbocycles. The van der Waals surface area contributed by atoms with Crippen molar-refractivity contribution in [3.63, 3.8) is 0 Å². The molecule has 0 aliphatic rings. The zero-order chi connectivity index (χ0) is 12.1. The number of hydrogen-bond acceptors (Lipinski definition) is 3. The Morgan fingerprint density at radius 1 is 1.50 bits per heavy atom. The first-order valence-electron chi connectivity index (χ1n) is 5.41. The number of likely N-dealkylation sites (N-methyl/N-ethyl adjacent to an activating group) is 1. The minimum absolute atomic E-state index is 0.00516. The Bertz CT molecular complexity index is 344. The summed E-state index contributed by atoms with van der Waals surface area (Å²) in [5.41, 5.74) is 7.57. The van der Waals surface area contributed by atoms with Gasteiger partial charge in [-0.25, -0.2) is 0 Å². The molecule has 0 radical (unpaired) electrons. The van der Waals surface area contributed by atoms with Crippen LogP contribution in [0.2, 0.25) is 0 Å². The maximum absolute atomic E-state index is 10.2. The van der Waals surface area contributed by atoms with Crippen molar-refractivity contribution in [1.29, 1.82) is 0 Å². The number of halogens is 1. The number of nitrogens with two attached hydrogens (primary N) is 1. The number of benzene rings is 1. The predicted octanol–water partition coefficient (Wildman–Crippen LogP) is 1.73. The first-order chi connectivity index (χ1) is 7.60. The monoisotopic (exact) mass is 286 g/mol. The van der Waals surface area contributed by atoms with Gasteiger partial charge in [0.15, 0.2) is 0 Å². The maximum Gasteiger partial charge on any atom is 0.0943 e. The largest absolute Gasteiger partial charge is 0.387 e. The number of aliphatic hydroxyl groups is 1. The molecule has 16 heavy (non-hydrogen) atoms. The molecular weight excluding hydrogens is 268 g/mol. The van der Waals surface area contributed by atoms with Crippen LogP contribution in [-0.2, 0) is 0 Å². The van der Waals surface area contributed by atoms with Crippen LogP contribution < -0.4 is 11.1 Å². The number of aliphatic hydroxyl groups excluding tert-OH is 1. The van der Waals surface area contributed by atoms with Crippen LogP contribution in [0.3, 0.4) is 0 Å². The summed E-state index contributed by atoms with van der Waals surface area (Å²) in [5.74, 6) is 0. The maximum atomic E-state index is 10.2. The van der Waals surface area contributed by atoms with Crippen LogP contribution in [0, 0.1) is 6.92 Å². The molecule has 0 heterocycles. The standard InChI is InChI=1S/C12H19BrN2O/c1-8-7-9(3-4-10(8)13)12(16)11(15-2)5-6-14/h3-4,7,11-12,15-16H,5-6,14H2,1-2H3. The first kappa shape index (κ1) is 13.6. The van der Waals surface area contributed by atoms with E-state index in [9.17, 15) is 5.11 Å². The van der Waals surface area contributed by atoms with Crippen LogP contribution in [0.4, 0.5) is 0 Å². The molecule has 0 aromatic heterocycles. The van der Waals surface area contributed by atoms with Gasteiger partial charge >= 0.3 is 0 Å². The molecule has 0 spiro atoms. The highest BCUT2D eigenvalue weighted by molar-refractivity contribution is 9.10. The summed E-state index contributed by atoms with van der Waals surface area (Å²) in [5, 5.41) is 13.3. The quantitative estimate of drug-likeness (QED) is 0.773. The smallest absolute Gasteiger partial charge is 0.0943 e. The van der Waals surface area contributed by atoms with Gasteiger partial charge in [0.2, 0.25) is 0 Å². The van der Waals surface area contributed by atoms with Gasteiger partial charge in [0, 0.05) is 10.5 Å². The average molecular weight is 287 g/mol. The summed E-state index contributed by atoms with van der Waals surface area (Å²) < 4.78 is 1.06. The molecule has 0 amide bonds. The van der Waals surface area contributed by atoms with Gasteiger partial charge < -0.3 is 16.2 Å². The lowest BCUT2D eigenvalue weighted by molar-refractivity contribution is 0.129. The van der Waals surface area contributed by atoms with Crippen LogP contribution in [-0.4, -0.2) is 24.7 Å². The van der Waals surface area contributed by atoms with Crippen LogP contribution in [0.1, 0.15) is 23.7 Å². The Morgan fingerprint density at radius 2 is 2.19 bits per heavy atom. The molecule has 2 unspecified atom stereocenters. The Kier molecular flexibility index (Phi) is 5.41. The normalized spacial score (nSPS) is 14.8. The Morgan fingerprint density at radius 3 is 2.69 bits per heavy atom. The zero-order valence-corrected chi connectivity index (χ0v) is 11.3. The van der Waals surface area contributed by atoms with Gasteiger partial charge in [0.25, 0.3) is 0 Å². The van der Waals surface area contributed by atoms with Crippen LogP contribution in [0.5, 0.6) is 0 Å². The number of aryl methyl sites for hydroxylation is 1. The summed E-state index contributed by atoms with van der Waals surface area (Å²) >= 11 is 3.45. The summed E-state index contributed by atoms with van der Waals surface area (Å²) in [6.07, 6.45) is 0.243. The van der Waals surface area contributed by atoms with E-state index in [2.05, 4.69) is 21.2 Å². The summed E-state index contributed by atoms with van der Waals surface area (Å²) in [7, 11) is 1.84. The third-order valence-electron chi connectivity index (χ3n) is 2.75. The first-order valence-corrected chi connectivity index (χ1v) is 6.21. The summed E-state index contributed by atoms with van der Waals surface area (Å²) in [6, 6.07) is 5.90. The Hall–Kier alpha value is -0.420. The molecule has 2 atom stereocenters. The van der Waals surface area contributed by atoms with Crippen molar-refractivity contribution in [3.05, 3.63) is 33.8 Å². The fourth-order valence-corrected chi connectivity index (χ4v) is 1.97. The third kappa shape index (κ3) is 3.28. The molecule has 0 bridgehead atoms. The Balaban J connectivity index is 2.85. The molecular formula is C12H19BrN2O. The van der Waals surface area contributed by atoms with E-state index in [1.165, 1.54) is 0 Å². The lowest BCUT2D eigenvalue weighted by atomic mass is 9.98. The molecule has 1 aromatic rings. The second kappa shape index (κ2) is 6.35. The number of hydrogen-bond donors (Lipinski definition) is 3. The van der Waals surface area contributed by atoms with Crippen molar-refractivity contribution >= 4 is 15.9 Å². The van der Waals surface area contributed by atoms with Gasteiger partial charge in [0.05, 0.1) is 6.10 Å². The SMILES string of the molecule is CNC(CCN)C(O)c1ccc(Br)c(C)c1. The van der Waals surface area contributed by atoms with Crippen molar-refractivity contribution in [1.82, 2.24) is 5.32 Å². The molecule has 90 valence electrons. The molecule has 1 rings (SSSR count). The average Bonchev–Trinajstić information content (AvgIpc) is 2.28. The van der Waals surface area contributed by atoms with Gasteiger partial charge in [0.1, 0.15) is 0 Å². The highest BCUT2D eigenvalue weighted by Gasteiger charge is 2.18. The second-order valence-corrected chi connectivity index (χ2v) is 4.78. The van der Waals surface area contributed by atoms with Gasteiger partial charge in [-0.2, -0.15) is 0 Å². The topological polar surface area (TPSA) is 58.3 Å². The molecule has 0 aliphatic heterocycles. The molecule has 0 aliphatic carbocycles. The number of rotatable bonds is 5. The molecule has 3 nitrogen and oxygen atoms in total.